The van der Waals surface area contributed by atoms with Crippen molar-refractivity contribution in [3.05, 3.63) is 47.8 Å². The summed E-state index contributed by atoms with van der Waals surface area (Å²) in [6.45, 7) is 2.20. The number of ketones is 1. The second-order valence-corrected chi connectivity index (χ2v) is 5.58. The van der Waals surface area contributed by atoms with E-state index in [1.54, 1.807) is 18.2 Å². The fraction of sp³-hybridized carbons (Fsp3) is 0.421. The van der Waals surface area contributed by atoms with Gasteiger partial charge in [0.05, 0.1) is 0 Å². The van der Waals surface area contributed by atoms with Gasteiger partial charge in [-0.05, 0) is 23.9 Å². The van der Waals surface area contributed by atoms with Crippen LogP contribution in [0.2, 0.25) is 0 Å². The largest absolute Gasteiger partial charge is 0.294 e. The molecule has 2 aromatic carbocycles. The Morgan fingerprint density at radius 2 is 1.57 bits per heavy atom. The Kier molecular flexibility index (Phi) is 5.91. The number of hydrogen-bond donors (Lipinski definition) is 0. The molecule has 0 spiro atoms. The average Bonchev–Trinajstić information content (AvgIpc) is 2.51. The second-order valence-electron chi connectivity index (χ2n) is 5.58. The summed E-state index contributed by atoms with van der Waals surface area (Å²) in [6, 6.07) is 10.2. The molecule has 0 aliphatic carbocycles. The summed E-state index contributed by atoms with van der Waals surface area (Å²) in [5.41, 5.74) is 0.653. The van der Waals surface area contributed by atoms with E-state index in [1.165, 1.54) is 31.7 Å². The maximum atomic E-state index is 13.7. The molecule has 2 aromatic rings. The van der Waals surface area contributed by atoms with Crippen molar-refractivity contribution >= 4 is 16.6 Å². The number of benzene rings is 2. The van der Waals surface area contributed by atoms with Crippen molar-refractivity contribution in [3.63, 3.8) is 0 Å². The van der Waals surface area contributed by atoms with Gasteiger partial charge in [-0.15, -0.1) is 0 Å². The molecule has 1 nitrogen and oxygen atoms in total. The van der Waals surface area contributed by atoms with E-state index in [0.29, 0.717) is 17.4 Å². The van der Waals surface area contributed by atoms with Crippen LogP contribution in [0.3, 0.4) is 0 Å². The summed E-state index contributed by atoms with van der Waals surface area (Å²) in [4.78, 5) is 12.3. The minimum atomic E-state index is -0.262. The van der Waals surface area contributed by atoms with Crippen LogP contribution in [0.1, 0.15) is 62.2 Å². The van der Waals surface area contributed by atoms with Gasteiger partial charge in [-0.25, -0.2) is 4.39 Å². The van der Waals surface area contributed by atoms with Crippen LogP contribution in [-0.2, 0) is 0 Å². The normalized spacial score (nSPS) is 11.0. The Hall–Kier alpha value is -1.70. The first-order chi connectivity index (χ1) is 10.2. The smallest absolute Gasteiger partial charge is 0.163 e. The Labute approximate surface area is 126 Å². The second kappa shape index (κ2) is 7.92. The summed E-state index contributed by atoms with van der Waals surface area (Å²) in [7, 11) is 0. The van der Waals surface area contributed by atoms with Crippen LogP contribution in [0.15, 0.2) is 36.4 Å². The predicted octanol–water partition coefficient (Wildman–Crippen LogP) is 5.91. The van der Waals surface area contributed by atoms with Crippen LogP contribution in [0.4, 0.5) is 4.39 Å². The molecule has 0 fully saturated rings. The van der Waals surface area contributed by atoms with E-state index < -0.39 is 0 Å². The fourth-order valence-corrected chi connectivity index (χ4v) is 2.71. The number of hydrogen-bond acceptors (Lipinski definition) is 1. The highest BCUT2D eigenvalue weighted by Gasteiger charge is 2.11. The predicted molar refractivity (Wildman–Crippen MR) is 86.2 cm³/mol. The monoisotopic (exact) mass is 286 g/mol. The Morgan fingerprint density at radius 1 is 0.905 bits per heavy atom. The molecule has 0 unspecified atom stereocenters. The average molecular weight is 286 g/mol. The number of halogens is 1. The molecule has 0 aromatic heterocycles. The van der Waals surface area contributed by atoms with Crippen molar-refractivity contribution in [3.8, 4) is 0 Å². The van der Waals surface area contributed by atoms with Crippen molar-refractivity contribution in [1.29, 1.82) is 0 Å². The molecule has 21 heavy (non-hydrogen) atoms. The van der Waals surface area contributed by atoms with Crippen LogP contribution in [0.25, 0.3) is 10.8 Å². The van der Waals surface area contributed by atoms with E-state index in [4.69, 9.17) is 0 Å². The molecule has 0 bridgehead atoms. The molecule has 0 saturated heterocycles. The number of carbonyl (C=O) groups is 1. The lowest BCUT2D eigenvalue weighted by atomic mass is 9.97. The van der Waals surface area contributed by atoms with Crippen molar-refractivity contribution in [1.82, 2.24) is 0 Å². The zero-order valence-corrected chi connectivity index (χ0v) is 12.7. The number of unbranched alkanes of at least 4 members (excludes halogenated alkanes) is 5. The number of rotatable bonds is 8. The molecule has 0 aliphatic rings. The van der Waals surface area contributed by atoms with Crippen molar-refractivity contribution < 1.29 is 9.18 Å². The maximum absolute atomic E-state index is 13.7. The van der Waals surface area contributed by atoms with E-state index in [9.17, 15) is 9.18 Å². The quantitative estimate of drug-likeness (QED) is 0.435. The van der Waals surface area contributed by atoms with Crippen LogP contribution in [-0.4, -0.2) is 5.78 Å². The van der Waals surface area contributed by atoms with Gasteiger partial charge in [-0.1, -0.05) is 63.3 Å². The van der Waals surface area contributed by atoms with Gasteiger partial charge in [0.25, 0.3) is 0 Å². The first-order valence-electron chi connectivity index (χ1n) is 7.94. The lowest BCUT2D eigenvalue weighted by Crippen LogP contribution is -2.01. The van der Waals surface area contributed by atoms with E-state index in [1.807, 2.05) is 12.1 Å². The standard InChI is InChI=1S/C19H23FO/c1-2-3-4-5-6-7-12-19(21)17-13-14-18(20)16-11-9-8-10-15(16)17/h8-11,13-14H,2-7,12H2,1H3. The molecule has 2 rings (SSSR count). The molecule has 0 radical (unpaired) electrons. The number of carbonyl (C=O) groups excluding carboxylic acids is 1. The van der Waals surface area contributed by atoms with Gasteiger partial charge in [0, 0.05) is 17.4 Å². The topological polar surface area (TPSA) is 17.1 Å². The van der Waals surface area contributed by atoms with Gasteiger partial charge < -0.3 is 0 Å². The molecule has 0 saturated carbocycles. The third-order valence-corrected chi connectivity index (χ3v) is 3.93. The zero-order chi connectivity index (χ0) is 15.1. The fourth-order valence-electron chi connectivity index (χ4n) is 2.71. The highest BCUT2D eigenvalue weighted by molar-refractivity contribution is 6.08. The third kappa shape index (κ3) is 4.13. The minimum Gasteiger partial charge on any atom is -0.294 e. The van der Waals surface area contributed by atoms with Gasteiger partial charge >= 0.3 is 0 Å². The van der Waals surface area contributed by atoms with Gasteiger partial charge in [0.1, 0.15) is 5.82 Å². The Morgan fingerprint density at radius 3 is 2.33 bits per heavy atom. The van der Waals surface area contributed by atoms with Crippen LogP contribution < -0.4 is 0 Å². The molecule has 112 valence electrons. The van der Waals surface area contributed by atoms with Crippen molar-refractivity contribution in [2.24, 2.45) is 0 Å². The lowest BCUT2D eigenvalue weighted by molar-refractivity contribution is 0.0980. The van der Waals surface area contributed by atoms with E-state index in [-0.39, 0.29) is 11.6 Å². The van der Waals surface area contributed by atoms with Gasteiger partial charge in [0.2, 0.25) is 0 Å². The summed E-state index contributed by atoms with van der Waals surface area (Å²) in [5, 5.41) is 1.26. The lowest BCUT2D eigenvalue weighted by Gasteiger charge is -2.07. The first-order valence-corrected chi connectivity index (χ1v) is 7.94. The van der Waals surface area contributed by atoms with Gasteiger partial charge in [0.15, 0.2) is 5.78 Å². The number of fused-ring (bicyclic) bond motifs is 1. The maximum Gasteiger partial charge on any atom is 0.163 e. The highest BCUT2D eigenvalue weighted by atomic mass is 19.1. The molecule has 0 aliphatic heterocycles. The molecule has 2 heteroatoms. The Bertz CT molecular complexity index is 604. The van der Waals surface area contributed by atoms with Crippen molar-refractivity contribution in [2.75, 3.05) is 0 Å². The van der Waals surface area contributed by atoms with Crippen molar-refractivity contribution in [2.45, 2.75) is 51.9 Å². The van der Waals surface area contributed by atoms with Crippen LogP contribution in [0.5, 0.6) is 0 Å². The summed E-state index contributed by atoms with van der Waals surface area (Å²) in [5.74, 6) is -0.136. The van der Waals surface area contributed by atoms with Crippen LogP contribution in [0, 0.1) is 5.82 Å². The summed E-state index contributed by atoms with van der Waals surface area (Å²) in [6.07, 6.45) is 7.55. The SMILES string of the molecule is CCCCCCCCC(=O)c1ccc(F)c2ccccc12. The number of Topliss-reactive ketones (excluding diaryl/α,β-unsaturated/α-hetero) is 1. The molecule has 0 atom stereocenters. The molecular formula is C19H23FO. The van der Waals surface area contributed by atoms with E-state index in [0.717, 1.165) is 18.2 Å². The molecule has 0 N–H and O–H groups in total. The summed E-state index contributed by atoms with van der Waals surface area (Å²) < 4.78 is 13.7. The van der Waals surface area contributed by atoms with Crippen LogP contribution >= 0.6 is 0 Å². The minimum absolute atomic E-state index is 0.127. The molecular weight excluding hydrogens is 263 g/mol. The van der Waals surface area contributed by atoms with E-state index >= 15 is 0 Å². The van der Waals surface area contributed by atoms with E-state index in [2.05, 4.69) is 6.92 Å². The van der Waals surface area contributed by atoms with Gasteiger partial charge in [-0.2, -0.15) is 0 Å². The highest BCUT2D eigenvalue weighted by Crippen LogP contribution is 2.23. The summed E-state index contributed by atoms with van der Waals surface area (Å²) >= 11 is 0. The molecule has 0 amide bonds. The Balaban J connectivity index is 1.98. The zero-order valence-electron chi connectivity index (χ0n) is 12.7. The molecule has 0 heterocycles. The first kappa shape index (κ1) is 15.7. The third-order valence-electron chi connectivity index (χ3n) is 3.93. The van der Waals surface area contributed by atoms with Gasteiger partial charge in [-0.3, -0.25) is 4.79 Å².